The second kappa shape index (κ2) is 5.83. The molecule has 0 spiro atoms. The molecule has 17 heavy (non-hydrogen) atoms. The summed E-state index contributed by atoms with van der Waals surface area (Å²) < 4.78 is 0. The number of nitrogens with one attached hydrogen (secondary N) is 1. The van der Waals surface area contributed by atoms with E-state index in [2.05, 4.69) is 12.2 Å². The number of nitrogens with zero attached hydrogens (tertiary/aromatic N) is 1. The molecule has 0 aromatic carbocycles. The highest BCUT2D eigenvalue weighted by Gasteiger charge is 2.33. The Morgan fingerprint density at radius 3 is 2.94 bits per heavy atom. The molecule has 0 radical (unpaired) electrons. The van der Waals surface area contributed by atoms with E-state index in [1.807, 2.05) is 4.90 Å². The molecule has 2 saturated heterocycles. The standard InChI is InChI=1S/C13H24N2O2/c1-2-3-11-9-15(7-5-12(11)16)13(17)10-4-6-14-8-10/h10-12,14,16H,2-9H2,1H3. The van der Waals surface area contributed by atoms with Crippen LogP contribution in [0.2, 0.25) is 0 Å². The first-order chi connectivity index (χ1) is 8.22. The molecule has 0 bridgehead atoms. The second-order valence-corrected chi connectivity index (χ2v) is 5.38. The van der Waals surface area contributed by atoms with E-state index in [1.54, 1.807) is 0 Å². The average Bonchev–Trinajstić information content (AvgIpc) is 2.85. The van der Waals surface area contributed by atoms with E-state index in [0.717, 1.165) is 51.9 Å². The Bertz CT molecular complexity index is 264. The van der Waals surface area contributed by atoms with Crippen LogP contribution in [0.5, 0.6) is 0 Å². The summed E-state index contributed by atoms with van der Waals surface area (Å²) in [5, 5.41) is 13.2. The molecule has 2 rings (SSSR count). The summed E-state index contributed by atoms with van der Waals surface area (Å²) in [5.41, 5.74) is 0. The van der Waals surface area contributed by atoms with Crippen molar-refractivity contribution in [3.63, 3.8) is 0 Å². The molecule has 98 valence electrons. The number of amides is 1. The maximum atomic E-state index is 12.3. The van der Waals surface area contributed by atoms with Gasteiger partial charge in [-0.1, -0.05) is 13.3 Å². The van der Waals surface area contributed by atoms with Crippen LogP contribution in [-0.4, -0.2) is 48.2 Å². The van der Waals surface area contributed by atoms with Crippen molar-refractivity contribution < 1.29 is 9.90 Å². The van der Waals surface area contributed by atoms with Gasteiger partial charge in [0.1, 0.15) is 0 Å². The van der Waals surface area contributed by atoms with E-state index in [4.69, 9.17) is 0 Å². The van der Waals surface area contributed by atoms with Gasteiger partial charge in [0.25, 0.3) is 0 Å². The lowest BCUT2D eigenvalue weighted by atomic mass is 9.90. The maximum Gasteiger partial charge on any atom is 0.227 e. The van der Waals surface area contributed by atoms with E-state index < -0.39 is 0 Å². The highest BCUT2D eigenvalue weighted by molar-refractivity contribution is 5.79. The lowest BCUT2D eigenvalue weighted by Crippen LogP contribution is -2.48. The van der Waals surface area contributed by atoms with Gasteiger partial charge in [0.15, 0.2) is 0 Å². The Labute approximate surface area is 103 Å². The van der Waals surface area contributed by atoms with Crippen LogP contribution in [0.15, 0.2) is 0 Å². The van der Waals surface area contributed by atoms with Crippen molar-refractivity contribution in [1.82, 2.24) is 10.2 Å². The van der Waals surface area contributed by atoms with Gasteiger partial charge in [0, 0.05) is 25.6 Å². The van der Waals surface area contributed by atoms with E-state index >= 15 is 0 Å². The summed E-state index contributed by atoms with van der Waals surface area (Å²) in [6.07, 6.45) is 3.61. The minimum atomic E-state index is -0.208. The van der Waals surface area contributed by atoms with Crippen molar-refractivity contribution in [1.29, 1.82) is 0 Å². The molecule has 2 N–H and O–H groups in total. The first-order valence-corrected chi connectivity index (χ1v) is 6.90. The molecule has 4 heteroatoms. The molecule has 0 aromatic rings. The monoisotopic (exact) mass is 240 g/mol. The Kier molecular flexibility index (Phi) is 4.40. The van der Waals surface area contributed by atoms with Crippen molar-refractivity contribution >= 4 is 5.91 Å². The lowest BCUT2D eigenvalue weighted by Gasteiger charge is -2.37. The fourth-order valence-corrected chi connectivity index (χ4v) is 3.00. The van der Waals surface area contributed by atoms with Crippen LogP contribution >= 0.6 is 0 Å². The van der Waals surface area contributed by atoms with E-state index in [9.17, 15) is 9.90 Å². The van der Waals surface area contributed by atoms with E-state index in [1.165, 1.54) is 0 Å². The number of aliphatic hydroxyl groups is 1. The largest absolute Gasteiger partial charge is 0.393 e. The number of likely N-dealkylation sites (tertiary alicyclic amines) is 1. The van der Waals surface area contributed by atoms with Crippen molar-refractivity contribution in [2.24, 2.45) is 11.8 Å². The van der Waals surface area contributed by atoms with Crippen LogP contribution in [-0.2, 0) is 4.79 Å². The van der Waals surface area contributed by atoms with E-state index in [0.29, 0.717) is 5.91 Å². The van der Waals surface area contributed by atoms with Crippen LogP contribution in [0.25, 0.3) is 0 Å². The summed E-state index contributed by atoms with van der Waals surface area (Å²) in [6, 6.07) is 0. The SMILES string of the molecule is CCCC1CN(C(=O)C2CCNC2)CCC1O. The molecule has 2 heterocycles. The molecule has 3 atom stereocenters. The van der Waals surface area contributed by atoms with Crippen molar-refractivity contribution in [2.75, 3.05) is 26.2 Å². The quantitative estimate of drug-likeness (QED) is 0.760. The minimum Gasteiger partial charge on any atom is -0.393 e. The Hall–Kier alpha value is -0.610. The third kappa shape index (κ3) is 2.99. The van der Waals surface area contributed by atoms with Gasteiger partial charge in [-0.05, 0) is 25.8 Å². The number of hydrogen-bond donors (Lipinski definition) is 2. The lowest BCUT2D eigenvalue weighted by molar-refractivity contribution is -0.138. The summed E-state index contributed by atoms with van der Waals surface area (Å²) in [4.78, 5) is 14.2. The molecule has 0 saturated carbocycles. The number of piperidine rings is 1. The zero-order valence-corrected chi connectivity index (χ0v) is 10.7. The predicted molar refractivity (Wildman–Crippen MR) is 66.6 cm³/mol. The van der Waals surface area contributed by atoms with Crippen LogP contribution in [0, 0.1) is 11.8 Å². The molecule has 0 aliphatic carbocycles. The molecule has 0 aromatic heterocycles. The van der Waals surface area contributed by atoms with Crippen LogP contribution in [0.3, 0.4) is 0 Å². The Morgan fingerprint density at radius 1 is 1.47 bits per heavy atom. The number of carbonyl (C=O) groups excluding carboxylic acids is 1. The highest BCUT2D eigenvalue weighted by Crippen LogP contribution is 2.23. The topological polar surface area (TPSA) is 52.6 Å². The number of carbonyl (C=O) groups is 1. The molecule has 1 amide bonds. The van der Waals surface area contributed by atoms with Crippen LogP contribution < -0.4 is 5.32 Å². The normalized spacial score (nSPS) is 34.0. The Morgan fingerprint density at radius 2 is 2.29 bits per heavy atom. The van der Waals surface area contributed by atoms with Crippen LogP contribution in [0.1, 0.15) is 32.6 Å². The zero-order chi connectivity index (χ0) is 12.3. The fourth-order valence-electron chi connectivity index (χ4n) is 3.00. The van der Waals surface area contributed by atoms with Crippen molar-refractivity contribution in [3.05, 3.63) is 0 Å². The van der Waals surface area contributed by atoms with Gasteiger partial charge in [-0.25, -0.2) is 0 Å². The number of aliphatic hydroxyl groups excluding tert-OH is 1. The number of rotatable bonds is 3. The zero-order valence-electron chi connectivity index (χ0n) is 10.7. The molecular weight excluding hydrogens is 216 g/mol. The molecule has 3 unspecified atom stereocenters. The second-order valence-electron chi connectivity index (χ2n) is 5.38. The van der Waals surface area contributed by atoms with Gasteiger partial charge >= 0.3 is 0 Å². The van der Waals surface area contributed by atoms with Gasteiger partial charge in [0.2, 0.25) is 5.91 Å². The van der Waals surface area contributed by atoms with Crippen LogP contribution in [0.4, 0.5) is 0 Å². The highest BCUT2D eigenvalue weighted by atomic mass is 16.3. The maximum absolute atomic E-state index is 12.3. The summed E-state index contributed by atoms with van der Waals surface area (Å²) in [7, 11) is 0. The first kappa shape index (κ1) is 12.8. The van der Waals surface area contributed by atoms with Gasteiger partial charge in [0.05, 0.1) is 12.0 Å². The van der Waals surface area contributed by atoms with Gasteiger partial charge in [-0.15, -0.1) is 0 Å². The van der Waals surface area contributed by atoms with Crippen molar-refractivity contribution in [3.8, 4) is 0 Å². The summed E-state index contributed by atoms with van der Waals surface area (Å²) >= 11 is 0. The molecule has 2 aliphatic rings. The Balaban J connectivity index is 1.90. The van der Waals surface area contributed by atoms with Gasteiger partial charge < -0.3 is 15.3 Å². The number of hydrogen-bond acceptors (Lipinski definition) is 3. The average molecular weight is 240 g/mol. The third-order valence-corrected chi connectivity index (χ3v) is 4.07. The van der Waals surface area contributed by atoms with Gasteiger partial charge in [-0.2, -0.15) is 0 Å². The molecule has 2 fully saturated rings. The van der Waals surface area contributed by atoms with E-state index in [-0.39, 0.29) is 17.9 Å². The third-order valence-electron chi connectivity index (χ3n) is 4.07. The molecule has 4 nitrogen and oxygen atoms in total. The smallest absolute Gasteiger partial charge is 0.227 e. The predicted octanol–water partition coefficient (Wildman–Crippen LogP) is 0.605. The molecule has 2 aliphatic heterocycles. The summed E-state index contributed by atoms with van der Waals surface area (Å²) in [5.74, 6) is 0.752. The first-order valence-electron chi connectivity index (χ1n) is 6.90. The molecular formula is C13H24N2O2. The van der Waals surface area contributed by atoms with Gasteiger partial charge in [-0.3, -0.25) is 4.79 Å². The summed E-state index contributed by atoms with van der Waals surface area (Å²) in [6.45, 7) is 5.41. The minimum absolute atomic E-state index is 0.174. The van der Waals surface area contributed by atoms with Crippen molar-refractivity contribution in [2.45, 2.75) is 38.7 Å². The fraction of sp³-hybridized carbons (Fsp3) is 0.923.